The molecule has 1 saturated heterocycles. The summed E-state index contributed by atoms with van der Waals surface area (Å²) in [4.78, 5) is 23.5. The van der Waals surface area contributed by atoms with Gasteiger partial charge in [-0.3, -0.25) is 14.9 Å². The molecule has 1 aromatic rings. The molecule has 1 aliphatic heterocycles. The van der Waals surface area contributed by atoms with E-state index in [9.17, 15) is 9.59 Å². The summed E-state index contributed by atoms with van der Waals surface area (Å²) in [6.07, 6.45) is 0.318. The molecule has 2 atom stereocenters. The first kappa shape index (κ1) is 13.1. The van der Waals surface area contributed by atoms with Gasteiger partial charge in [-0.15, -0.1) is 0 Å². The van der Waals surface area contributed by atoms with Gasteiger partial charge in [0, 0.05) is 23.3 Å². The van der Waals surface area contributed by atoms with Crippen molar-refractivity contribution in [2.45, 2.75) is 26.2 Å². The maximum absolute atomic E-state index is 12.0. The van der Waals surface area contributed by atoms with Crippen LogP contribution in [0.15, 0.2) is 24.3 Å². The number of nitrogens with one attached hydrogen (secondary N) is 1. The third kappa shape index (κ3) is 2.41. The quantitative estimate of drug-likeness (QED) is 0.836. The van der Waals surface area contributed by atoms with Gasteiger partial charge in [-0.2, -0.15) is 0 Å². The van der Waals surface area contributed by atoms with Crippen molar-refractivity contribution in [1.82, 2.24) is 5.32 Å². The number of imide groups is 1. The van der Waals surface area contributed by atoms with E-state index in [-0.39, 0.29) is 29.6 Å². The monoisotopic (exact) mass is 265 g/mol. The summed E-state index contributed by atoms with van der Waals surface area (Å²) in [6, 6.07) is 7.43. The van der Waals surface area contributed by atoms with E-state index in [0.717, 1.165) is 5.56 Å². The Balaban J connectivity index is 2.41. The van der Waals surface area contributed by atoms with Gasteiger partial charge in [0.25, 0.3) is 0 Å². The second-order valence-corrected chi connectivity index (χ2v) is 5.42. The van der Waals surface area contributed by atoms with Gasteiger partial charge in [0.2, 0.25) is 11.8 Å². The highest BCUT2D eigenvalue weighted by molar-refractivity contribution is 6.31. The molecule has 2 rings (SSSR count). The normalized spacial score (nSPS) is 24.2. The van der Waals surface area contributed by atoms with Crippen LogP contribution in [-0.4, -0.2) is 11.8 Å². The number of hydrogen-bond acceptors (Lipinski definition) is 2. The number of carbonyl (C=O) groups excluding carboxylic acids is 2. The van der Waals surface area contributed by atoms with Gasteiger partial charge in [-0.25, -0.2) is 0 Å². The number of piperidine rings is 1. The Labute approximate surface area is 112 Å². The summed E-state index contributed by atoms with van der Waals surface area (Å²) < 4.78 is 0. The predicted octanol–water partition coefficient (Wildman–Crippen LogP) is 2.74. The average Bonchev–Trinajstić information content (AvgIpc) is 2.27. The van der Waals surface area contributed by atoms with Crippen LogP contribution in [0.3, 0.4) is 0 Å². The van der Waals surface area contributed by atoms with Crippen molar-refractivity contribution in [2.24, 2.45) is 11.8 Å². The van der Waals surface area contributed by atoms with Crippen LogP contribution in [0.2, 0.25) is 5.02 Å². The molecule has 1 aromatic carbocycles. The minimum absolute atomic E-state index is 0.125. The first-order valence-electron chi connectivity index (χ1n) is 6.09. The van der Waals surface area contributed by atoms with Crippen LogP contribution < -0.4 is 5.32 Å². The molecule has 96 valence electrons. The first-order chi connectivity index (χ1) is 8.50. The van der Waals surface area contributed by atoms with Crippen molar-refractivity contribution in [3.05, 3.63) is 34.9 Å². The topological polar surface area (TPSA) is 46.2 Å². The summed E-state index contributed by atoms with van der Waals surface area (Å²) in [5.74, 6) is -0.574. The minimum atomic E-state index is -0.221. The van der Waals surface area contributed by atoms with Crippen LogP contribution in [0.25, 0.3) is 0 Å². The number of amides is 2. The lowest BCUT2D eigenvalue weighted by molar-refractivity contribution is -0.138. The third-order valence-electron chi connectivity index (χ3n) is 3.43. The van der Waals surface area contributed by atoms with Gasteiger partial charge in [0.1, 0.15) is 0 Å². The Morgan fingerprint density at radius 2 is 1.94 bits per heavy atom. The second kappa shape index (κ2) is 5.11. The largest absolute Gasteiger partial charge is 0.296 e. The molecule has 1 aliphatic rings. The van der Waals surface area contributed by atoms with E-state index in [1.165, 1.54) is 0 Å². The standard InChI is InChI=1S/C14H16ClNO2/c1-8(2)13-10(7-12(17)16-14(13)18)9-5-3-4-6-11(9)15/h3-6,8,10,13H,7H2,1-2H3,(H,16,17,18). The number of carbonyl (C=O) groups is 2. The highest BCUT2D eigenvalue weighted by atomic mass is 35.5. The molecule has 0 radical (unpaired) electrons. The third-order valence-corrected chi connectivity index (χ3v) is 3.77. The number of hydrogen-bond donors (Lipinski definition) is 1. The van der Waals surface area contributed by atoms with Gasteiger partial charge in [0.05, 0.1) is 0 Å². The Kier molecular flexibility index (Phi) is 3.71. The maximum atomic E-state index is 12.0. The van der Waals surface area contributed by atoms with Crippen LogP contribution >= 0.6 is 11.6 Å². The fraction of sp³-hybridized carbons (Fsp3) is 0.429. The second-order valence-electron chi connectivity index (χ2n) is 5.01. The van der Waals surface area contributed by atoms with E-state index in [0.29, 0.717) is 11.4 Å². The zero-order valence-electron chi connectivity index (χ0n) is 10.4. The molecular formula is C14H16ClNO2. The van der Waals surface area contributed by atoms with Crippen molar-refractivity contribution in [3.63, 3.8) is 0 Å². The lowest BCUT2D eigenvalue weighted by atomic mass is 9.75. The Hall–Kier alpha value is -1.35. The summed E-state index contributed by atoms with van der Waals surface area (Å²) in [7, 11) is 0. The molecule has 1 heterocycles. The van der Waals surface area contributed by atoms with Gasteiger partial charge < -0.3 is 0 Å². The molecule has 2 amide bonds. The van der Waals surface area contributed by atoms with Crippen LogP contribution in [0.4, 0.5) is 0 Å². The van der Waals surface area contributed by atoms with Gasteiger partial charge >= 0.3 is 0 Å². The minimum Gasteiger partial charge on any atom is -0.296 e. The highest BCUT2D eigenvalue weighted by Crippen LogP contribution is 2.38. The Morgan fingerprint density at radius 1 is 1.28 bits per heavy atom. The zero-order chi connectivity index (χ0) is 13.3. The molecule has 4 heteroatoms. The molecule has 18 heavy (non-hydrogen) atoms. The summed E-state index contributed by atoms with van der Waals surface area (Å²) >= 11 is 6.18. The molecule has 0 spiro atoms. The van der Waals surface area contributed by atoms with E-state index in [4.69, 9.17) is 11.6 Å². The van der Waals surface area contributed by atoms with Crippen LogP contribution in [-0.2, 0) is 9.59 Å². The number of halogens is 1. The predicted molar refractivity (Wildman–Crippen MR) is 70.3 cm³/mol. The van der Waals surface area contributed by atoms with Gasteiger partial charge in [-0.1, -0.05) is 43.6 Å². The Bertz CT molecular complexity index is 484. The van der Waals surface area contributed by atoms with E-state index >= 15 is 0 Å². The highest BCUT2D eigenvalue weighted by Gasteiger charge is 2.39. The molecule has 1 N–H and O–H groups in total. The van der Waals surface area contributed by atoms with Crippen molar-refractivity contribution >= 4 is 23.4 Å². The molecular weight excluding hydrogens is 250 g/mol. The molecule has 1 fully saturated rings. The van der Waals surface area contributed by atoms with Crippen molar-refractivity contribution in [3.8, 4) is 0 Å². The molecule has 3 nitrogen and oxygen atoms in total. The molecule has 0 bridgehead atoms. The first-order valence-corrected chi connectivity index (χ1v) is 6.46. The molecule has 0 aliphatic carbocycles. The van der Waals surface area contributed by atoms with Gasteiger partial charge in [0.15, 0.2) is 0 Å². The lowest BCUT2D eigenvalue weighted by Gasteiger charge is -2.33. The average molecular weight is 266 g/mol. The van der Waals surface area contributed by atoms with E-state index in [1.807, 2.05) is 32.0 Å². The van der Waals surface area contributed by atoms with E-state index in [2.05, 4.69) is 5.32 Å². The zero-order valence-corrected chi connectivity index (χ0v) is 11.2. The van der Waals surface area contributed by atoms with Crippen molar-refractivity contribution in [1.29, 1.82) is 0 Å². The molecule has 2 unspecified atom stereocenters. The summed E-state index contributed by atoms with van der Waals surface area (Å²) in [5.41, 5.74) is 0.890. The Morgan fingerprint density at radius 3 is 2.56 bits per heavy atom. The number of benzene rings is 1. The fourth-order valence-electron chi connectivity index (χ4n) is 2.63. The van der Waals surface area contributed by atoms with Crippen LogP contribution in [0.1, 0.15) is 31.7 Å². The van der Waals surface area contributed by atoms with Crippen LogP contribution in [0.5, 0.6) is 0 Å². The lowest BCUT2D eigenvalue weighted by Crippen LogP contribution is -2.46. The van der Waals surface area contributed by atoms with Gasteiger partial charge in [-0.05, 0) is 17.5 Å². The van der Waals surface area contributed by atoms with Crippen LogP contribution in [0, 0.1) is 11.8 Å². The maximum Gasteiger partial charge on any atom is 0.230 e. The smallest absolute Gasteiger partial charge is 0.230 e. The summed E-state index contributed by atoms with van der Waals surface area (Å²) in [5, 5.41) is 3.03. The fourth-order valence-corrected chi connectivity index (χ4v) is 2.90. The SMILES string of the molecule is CC(C)C1C(=O)NC(=O)CC1c1ccccc1Cl. The van der Waals surface area contributed by atoms with Crippen molar-refractivity contribution < 1.29 is 9.59 Å². The molecule has 0 aromatic heterocycles. The van der Waals surface area contributed by atoms with Crippen molar-refractivity contribution in [2.75, 3.05) is 0 Å². The number of rotatable bonds is 2. The van der Waals surface area contributed by atoms with E-state index in [1.54, 1.807) is 6.07 Å². The summed E-state index contributed by atoms with van der Waals surface area (Å²) in [6.45, 7) is 3.98. The molecule has 0 saturated carbocycles. The van der Waals surface area contributed by atoms with E-state index < -0.39 is 0 Å².